The van der Waals surface area contributed by atoms with Crippen molar-refractivity contribution < 1.29 is 9.21 Å². The Morgan fingerprint density at radius 3 is 3.06 bits per heavy atom. The molecule has 6 heteroatoms. The highest BCUT2D eigenvalue weighted by Crippen LogP contribution is 2.11. The molecule has 0 aliphatic heterocycles. The molecule has 1 amide bonds. The summed E-state index contributed by atoms with van der Waals surface area (Å²) in [4.78, 5) is 24.4. The number of nitrogens with one attached hydrogen (secondary N) is 2. The first-order valence-corrected chi connectivity index (χ1v) is 4.77. The van der Waals surface area contributed by atoms with Crippen LogP contribution in [0.5, 0.6) is 0 Å². The Hall–Kier alpha value is -2.08. The first-order chi connectivity index (χ1) is 7.69. The molecule has 1 aromatic heterocycles. The normalized spacial score (nSPS) is 10.6. The summed E-state index contributed by atoms with van der Waals surface area (Å²) in [5.74, 6) is -0.714. The molecule has 0 aliphatic rings. The van der Waals surface area contributed by atoms with Crippen molar-refractivity contribution in [3.63, 3.8) is 0 Å². The fourth-order valence-electron chi connectivity index (χ4n) is 1.37. The molecular formula is C10H11N3O3. The van der Waals surface area contributed by atoms with E-state index in [9.17, 15) is 9.59 Å². The van der Waals surface area contributed by atoms with Gasteiger partial charge in [0, 0.05) is 6.54 Å². The predicted molar refractivity (Wildman–Crippen MR) is 57.7 cm³/mol. The van der Waals surface area contributed by atoms with Crippen molar-refractivity contribution >= 4 is 17.0 Å². The van der Waals surface area contributed by atoms with Crippen LogP contribution in [-0.2, 0) is 11.3 Å². The van der Waals surface area contributed by atoms with E-state index in [-0.39, 0.29) is 12.5 Å². The maximum atomic E-state index is 10.9. The molecule has 0 radical (unpaired) electrons. The van der Waals surface area contributed by atoms with E-state index in [2.05, 4.69) is 10.3 Å². The SMILES string of the molecule is NCC(=O)NCc1ccc2[nH]c(=O)oc2c1. The number of rotatable bonds is 3. The van der Waals surface area contributed by atoms with Gasteiger partial charge >= 0.3 is 5.76 Å². The van der Waals surface area contributed by atoms with Gasteiger partial charge in [0.25, 0.3) is 0 Å². The molecule has 0 fully saturated rings. The van der Waals surface area contributed by atoms with Gasteiger partial charge in [0.1, 0.15) is 0 Å². The largest absolute Gasteiger partial charge is 0.417 e. The smallest absolute Gasteiger partial charge is 0.408 e. The Morgan fingerprint density at radius 1 is 1.50 bits per heavy atom. The molecule has 0 bridgehead atoms. The predicted octanol–water partition coefficient (Wildman–Crippen LogP) is -0.304. The molecule has 0 atom stereocenters. The summed E-state index contributed by atoms with van der Waals surface area (Å²) in [6.07, 6.45) is 0. The Morgan fingerprint density at radius 2 is 2.31 bits per heavy atom. The molecule has 1 heterocycles. The number of amides is 1. The van der Waals surface area contributed by atoms with Crippen molar-refractivity contribution in [3.05, 3.63) is 34.3 Å². The molecule has 84 valence electrons. The van der Waals surface area contributed by atoms with Crippen molar-refractivity contribution in [1.29, 1.82) is 0 Å². The first kappa shape index (κ1) is 10.4. The van der Waals surface area contributed by atoms with Crippen molar-refractivity contribution in [1.82, 2.24) is 10.3 Å². The molecule has 0 aliphatic carbocycles. The second-order valence-corrected chi connectivity index (χ2v) is 3.33. The summed E-state index contributed by atoms with van der Waals surface area (Å²) in [5, 5.41) is 2.63. The fourth-order valence-corrected chi connectivity index (χ4v) is 1.37. The van der Waals surface area contributed by atoms with E-state index in [1.54, 1.807) is 18.2 Å². The number of hydrogen-bond donors (Lipinski definition) is 3. The summed E-state index contributed by atoms with van der Waals surface area (Å²) < 4.78 is 4.89. The molecular weight excluding hydrogens is 210 g/mol. The molecule has 0 saturated carbocycles. The summed E-state index contributed by atoms with van der Waals surface area (Å²) >= 11 is 0. The number of fused-ring (bicyclic) bond motifs is 1. The number of aromatic nitrogens is 1. The number of carbonyl (C=O) groups is 1. The highest BCUT2D eigenvalue weighted by Gasteiger charge is 2.03. The number of carbonyl (C=O) groups excluding carboxylic acids is 1. The lowest BCUT2D eigenvalue weighted by atomic mass is 10.2. The van der Waals surface area contributed by atoms with Crippen LogP contribution in [0, 0.1) is 0 Å². The standard InChI is InChI=1S/C10H11N3O3/c11-4-9(14)12-5-6-1-2-7-8(3-6)16-10(15)13-7/h1-3H,4-5,11H2,(H,12,14)(H,13,15). The van der Waals surface area contributed by atoms with E-state index in [4.69, 9.17) is 10.2 Å². The van der Waals surface area contributed by atoms with Crippen LogP contribution in [0.25, 0.3) is 11.1 Å². The maximum Gasteiger partial charge on any atom is 0.417 e. The van der Waals surface area contributed by atoms with Crippen LogP contribution in [0.2, 0.25) is 0 Å². The molecule has 2 aromatic rings. The number of benzene rings is 1. The third kappa shape index (κ3) is 2.12. The monoisotopic (exact) mass is 221 g/mol. The van der Waals surface area contributed by atoms with Gasteiger partial charge in [-0.3, -0.25) is 9.78 Å². The summed E-state index contributed by atoms with van der Waals surface area (Å²) in [6.45, 7) is 0.322. The Bertz CT molecular complexity index is 570. The molecule has 0 spiro atoms. The lowest BCUT2D eigenvalue weighted by molar-refractivity contribution is -0.119. The number of nitrogens with two attached hydrogens (primary N) is 1. The van der Waals surface area contributed by atoms with Crippen molar-refractivity contribution in [2.45, 2.75) is 6.54 Å². The molecule has 0 saturated heterocycles. The quantitative estimate of drug-likeness (QED) is 0.662. The Kier molecular flexibility index (Phi) is 2.74. The van der Waals surface area contributed by atoms with E-state index < -0.39 is 5.76 Å². The topological polar surface area (TPSA) is 101 Å². The van der Waals surface area contributed by atoms with Gasteiger partial charge in [-0.1, -0.05) is 6.07 Å². The lowest BCUT2D eigenvalue weighted by Crippen LogP contribution is -2.29. The minimum absolute atomic E-state index is 0.0402. The third-order valence-corrected chi connectivity index (χ3v) is 2.16. The van der Waals surface area contributed by atoms with Gasteiger partial charge in [-0.2, -0.15) is 0 Å². The summed E-state index contributed by atoms with van der Waals surface area (Å²) in [6, 6.07) is 5.22. The average molecular weight is 221 g/mol. The molecule has 1 aromatic carbocycles. The number of hydrogen-bond acceptors (Lipinski definition) is 4. The zero-order chi connectivity index (χ0) is 11.5. The van der Waals surface area contributed by atoms with Gasteiger partial charge in [-0.25, -0.2) is 4.79 Å². The van der Waals surface area contributed by atoms with E-state index in [1.165, 1.54) is 0 Å². The van der Waals surface area contributed by atoms with Crippen LogP contribution >= 0.6 is 0 Å². The lowest BCUT2D eigenvalue weighted by Gasteiger charge is -2.02. The van der Waals surface area contributed by atoms with Crippen LogP contribution in [-0.4, -0.2) is 17.4 Å². The number of H-pyrrole nitrogens is 1. The molecule has 0 unspecified atom stereocenters. The highest BCUT2D eigenvalue weighted by molar-refractivity contribution is 5.78. The van der Waals surface area contributed by atoms with Crippen molar-refractivity contribution in [2.75, 3.05) is 6.54 Å². The van der Waals surface area contributed by atoms with Gasteiger partial charge in [0.05, 0.1) is 12.1 Å². The third-order valence-electron chi connectivity index (χ3n) is 2.16. The van der Waals surface area contributed by atoms with Crippen molar-refractivity contribution in [2.24, 2.45) is 5.73 Å². The average Bonchev–Trinajstić information content (AvgIpc) is 2.65. The van der Waals surface area contributed by atoms with Crippen LogP contribution < -0.4 is 16.8 Å². The minimum Gasteiger partial charge on any atom is -0.408 e. The van der Waals surface area contributed by atoms with Crippen LogP contribution in [0.3, 0.4) is 0 Å². The van der Waals surface area contributed by atoms with Gasteiger partial charge in [-0.15, -0.1) is 0 Å². The number of aromatic amines is 1. The van der Waals surface area contributed by atoms with Crippen molar-refractivity contribution in [3.8, 4) is 0 Å². The van der Waals surface area contributed by atoms with Gasteiger partial charge in [0.15, 0.2) is 5.58 Å². The second-order valence-electron chi connectivity index (χ2n) is 3.33. The highest BCUT2D eigenvalue weighted by atomic mass is 16.4. The van der Waals surface area contributed by atoms with Crippen LogP contribution in [0.4, 0.5) is 0 Å². The zero-order valence-corrected chi connectivity index (χ0v) is 8.45. The van der Waals surface area contributed by atoms with E-state index in [0.29, 0.717) is 17.6 Å². The molecule has 4 N–H and O–H groups in total. The zero-order valence-electron chi connectivity index (χ0n) is 8.45. The molecule has 2 rings (SSSR count). The van der Waals surface area contributed by atoms with Gasteiger partial charge < -0.3 is 15.5 Å². The summed E-state index contributed by atoms with van der Waals surface area (Å²) in [7, 11) is 0. The second kappa shape index (κ2) is 4.19. The first-order valence-electron chi connectivity index (χ1n) is 4.77. The Balaban J connectivity index is 2.19. The van der Waals surface area contributed by atoms with Crippen LogP contribution in [0.15, 0.2) is 27.4 Å². The van der Waals surface area contributed by atoms with E-state index in [0.717, 1.165) is 5.56 Å². The van der Waals surface area contributed by atoms with E-state index >= 15 is 0 Å². The number of oxazole rings is 1. The minimum atomic E-state index is -0.488. The Labute approximate surface area is 90.4 Å². The fraction of sp³-hybridized carbons (Fsp3) is 0.200. The molecule has 16 heavy (non-hydrogen) atoms. The van der Waals surface area contributed by atoms with E-state index in [1.807, 2.05) is 0 Å². The maximum absolute atomic E-state index is 10.9. The van der Waals surface area contributed by atoms with Gasteiger partial charge in [0.2, 0.25) is 5.91 Å². The van der Waals surface area contributed by atoms with Gasteiger partial charge in [-0.05, 0) is 17.7 Å². The van der Waals surface area contributed by atoms with Crippen LogP contribution in [0.1, 0.15) is 5.56 Å². The molecule has 6 nitrogen and oxygen atoms in total. The summed E-state index contributed by atoms with van der Waals surface area (Å²) in [5.41, 5.74) is 7.11.